The Morgan fingerprint density at radius 2 is 2.00 bits per heavy atom. The van der Waals surface area contributed by atoms with Gasteiger partial charge in [-0.05, 0) is 44.1 Å². The van der Waals surface area contributed by atoms with E-state index >= 15 is 0 Å². The molecule has 0 aromatic heterocycles. The van der Waals surface area contributed by atoms with Crippen LogP contribution in [0.2, 0.25) is 0 Å². The van der Waals surface area contributed by atoms with E-state index in [9.17, 15) is 0 Å². The quantitative estimate of drug-likeness (QED) is 0.792. The summed E-state index contributed by atoms with van der Waals surface area (Å²) < 4.78 is 0. The minimum absolute atomic E-state index is 0.748. The lowest BCUT2D eigenvalue weighted by molar-refractivity contribution is 0.0214. The molecule has 100 valence electrons. The Labute approximate surface area is 107 Å². The van der Waals surface area contributed by atoms with Crippen LogP contribution in [-0.2, 0) is 0 Å². The lowest BCUT2D eigenvalue weighted by Crippen LogP contribution is -2.56. The van der Waals surface area contributed by atoms with Crippen LogP contribution in [0.3, 0.4) is 0 Å². The van der Waals surface area contributed by atoms with E-state index in [1.54, 1.807) is 0 Å². The fourth-order valence-electron chi connectivity index (χ4n) is 3.76. The van der Waals surface area contributed by atoms with Crippen molar-refractivity contribution >= 4 is 0 Å². The normalized spacial score (nSPS) is 39.0. The molecule has 2 fully saturated rings. The van der Waals surface area contributed by atoms with Crippen LogP contribution in [0.15, 0.2) is 0 Å². The summed E-state index contributed by atoms with van der Waals surface area (Å²) in [5.41, 5.74) is 0. The maximum atomic E-state index is 3.68. The van der Waals surface area contributed by atoms with Gasteiger partial charge in [0.15, 0.2) is 0 Å². The number of piperidine rings is 1. The molecule has 2 heteroatoms. The number of hydrogen-bond donors (Lipinski definition) is 1. The van der Waals surface area contributed by atoms with Crippen LogP contribution in [0, 0.1) is 11.8 Å². The Balaban J connectivity index is 1.90. The van der Waals surface area contributed by atoms with Gasteiger partial charge in [0, 0.05) is 25.2 Å². The molecule has 1 saturated carbocycles. The molecule has 0 amide bonds. The summed E-state index contributed by atoms with van der Waals surface area (Å²) in [6.45, 7) is 10.8. The van der Waals surface area contributed by atoms with Crippen molar-refractivity contribution in [3.8, 4) is 0 Å². The molecule has 1 aliphatic heterocycles. The Kier molecular flexibility index (Phi) is 4.87. The third-order valence-electron chi connectivity index (χ3n) is 4.80. The number of rotatable bonds is 5. The third kappa shape index (κ3) is 3.23. The van der Waals surface area contributed by atoms with Gasteiger partial charge in [0.05, 0.1) is 0 Å². The molecule has 0 radical (unpaired) electrons. The molecule has 1 saturated heterocycles. The Hall–Kier alpha value is -0.0800. The molecule has 4 atom stereocenters. The second-order valence-electron chi connectivity index (χ2n) is 6.22. The van der Waals surface area contributed by atoms with Gasteiger partial charge in [0.25, 0.3) is 0 Å². The van der Waals surface area contributed by atoms with Crippen LogP contribution in [0.1, 0.15) is 52.9 Å². The molecule has 1 N–H and O–H groups in total. The highest BCUT2D eigenvalue weighted by atomic mass is 15.2. The lowest BCUT2D eigenvalue weighted by atomic mass is 9.78. The minimum atomic E-state index is 0.748. The topological polar surface area (TPSA) is 15.3 Å². The van der Waals surface area contributed by atoms with E-state index in [0.29, 0.717) is 0 Å². The first-order valence-electron chi connectivity index (χ1n) is 7.72. The molecular weight excluding hydrogens is 208 g/mol. The van der Waals surface area contributed by atoms with Crippen molar-refractivity contribution in [3.05, 3.63) is 0 Å². The molecular formula is C15H30N2. The summed E-state index contributed by atoms with van der Waals surface area (Å²) in [6.07, 6.45) is 7.06. The number of nitrogens with zero attached hydrogens (tertiary/aromatic N) is 1. The van der Waals surface area contributed by atoms with Crippen LogP contribution < -0.4 is 5.32 Å². The predicted molar refractivity (Wildman–Crippen MR) is 74.2 cm³/mol. The summed E-state index contributed by atoms with van der Waals surface area (Å²) in [5, 5.41) is 3.68. The molecule has 1 heterocycles. The van der Waals surface area contributed by atoms with E-state index < -0.39 is 0 Å². The Bertz CT molecular complexity index is 215. The zero-order valence-electron chi connectivity index (χ0n) is 11.9. The number of likely N-dealkylation sites (N-methyl/N-ethyl adjacent to an activating group) is 1. The first-order valence-corrected chi connectivity index (χ1v) is 7.72. The Morgan fingerprint density at radius 1 is 1.18 bits per heavy atom. The van der Waals surface area contributed by atoms with Gasteiger partial charge in [-0.1, -0.05) is 27.2 Å². The smallest absolute Gasteiger partial charge is 0.0198 e. The van der Waals surface area contributed by atoms with E-state index in [-0.39, 0.29) is 0 Å². The molecule has 0 aromatic carbocycles. The average molecular weight is 238 g/mol. The highest BCUT2D eigenvalue weighted by molar-refractivity contribution is 4.92. The van der Waals surface area contributed by atoms with Crippen molar-refractivity contribution in [3.63, 3.8) is 0 Å². The van der Waals surface area contributed by atoms with Gasteiger partial charge >= 0.3 is 0 Å². The number of hydrogen-bond acceptors (Lipinski definition) is 2. The van der Waals surface area contributed by atoms with E-state index in [0.717, 1.165) is 30.5 Å². The zero-order chi connectivity index (χ0) is 12.3. The van der Waals surface area contributed by atoms with E-state index in [1.165, 1.54) is 45.2 Å². The summed E-state index contributed by atoms with van der Waals surface area (Å²) in [4.78, 5) is 2.80. The van der Waals surface area contributed by atoms with Crippen LogP contribution in [0.5, 0.6) is 0 Å². The monoisotopic (exact) mass is 238 g/mol. The van der Waals surface area contributed by atoms with Crippen molar-refractivity contribution in [2.45, 2.75) is 65.0 Å². The summed E-state index contributed by atoms with van der Waals surface area (Å²) >= 11 is 0. The van der Waals surface area contributed by atoms with Gasteiger partial charge in [0.2, 0.25) is 0 Å². The van der Waals surface area contributed by atoms with Crippen molar-refractivity contribution in [1.82, 2.24) is 10.2 Å². The molecule has 17 heavy (non-hydrogen) atoms. The maximum absolute atomic E-state index is 3.68. The second-order valence-corrected chi connectivity index (χ2v) is 6.22. The largest absolute Gasteiger partial charge is 0.313 e. The zero-order valence-corrected chi connectivity index (χ0v) is 11.9. The van der Waals surface area contributed by atoms with Gasteiger partial charge in [-0.2, -0.15) is 0 Å². The van der Waals surface area contributed by atoms with Crippen LogP contribution in [-0.4, -0.2) is 36.6 Å². The molecule has 1 aliphatic carbocycles. The van der Waals surface area contributed by atoms with Gasteiger partial charge in [-0.25, -0.2) is 0 Å². The second kappa shape index (κ2) is 6.19. The molecule has 0 aromatic rings. The molecule has 2 nitrogen and oxygen atoms in total. The van der Waals surface area contributed by atoms with Gasteiger partial charge in [-0.3, -0.25) is 4.90 Å². The molecule has 2 rings (SSSR count). The first-order chi connectivity index (χ1) is 8.24. The molecule has 0 bridgehead atoms. The van der Waals surface area contributed by atoms with Crippen molar-refractivity contribution in [1.29, 1.82) is 0 Å². The number of likely N-dealkylation sites (tertiary alicyclic amines) is 1. The first kappa shape index (κ1) is 13.4. The SMILES string of the molecule is CCCC1CC(NCC)CN(C2CCC2C)C1. The minimum Gasteiger partial charge on any atom is -0.313 e. The predicted octanol–water partition coefficient (Wildman–Crippen LogP) is 2.89. The highest BCUT2D eigenvalue weighted by Crippen LogP contribution is 2.34. The van der Waals surface area contributed by atoms with Crippen molar-refractivity contribution < 1.29 is 0 Å². The van der Waals surface area contributed by atoms with Gasteiger partial charge < -0.3 is 5.32 Å². The average Bonchev–Trinajstić information content (AvgIpc) is 2.28. The summed E-state index contributed by atoms with van der Waals surface area (Å²) in [7, 11) is 0. The third-order valence-corrected chi connectivity index (χ3v) is 4.80. The van der Waals surface area contributed by atoms with Crippen LogP contribution in [0.4, 0.5) is 0 Å². The van der Waals surface area contributed by atoms with E-state index in [4.69, 9.17) is 0 Å². The standard InChI is InChI=1S/C15H30N2/c1-4-6-13-9-14(16-5-2)11-17(10-13)15-8-7-12(15)3/h12-16H,4-11H2,1-3H3. The van der Waals surface area contributed by atoms with Gasteiger partial charge in [-0.15, -0.1) is 0 Å². The van der Waals surface area contributed by atoms with E-state index in [2.05, 4.69) is 31.0 Å². The van der Waals surface area contributed by atoms with Crippen molar-refractivity contribution in [2.75, 3.05) is 19.6 Å². The van der Waals surface area contributed by atoms with Gasteiger partial charge in [0.1, 0.15) is 0 Å². The van der Waals surface area contributed by atoms with Crippen LogP contribution >= 0.6 is 0 Å². The maximum Gasteiger partial charge on any atom is 0.0198 e. The summed E-state index contributed by atoms with van der Waals surface area (Å²) in [5.74, 6) is 1.88. The van der Waals surface area contributed by atoms with Crippen molar-refractivity contribution in [2.24, 2.45) is 11.8 Å². The lowest BCUT2D eigenvalue weighted by Gasteiger charge is -2.48. The molecule has 0 spiro atoms. The molecule has 2 aliphatic rings. The fraction of sp³-hybridized carbons (Fsp3) is 1.00. The van der Waals surface area contributed by atoms with Crippen LogP contribution in [0.25, 0.3) is 0 Å². The number of nitrogens with one attached hydrogen (secondary N) is 1. The molecule has 4 unspecified atom stereocenters. The summed E-state index contributed by atoms with van der Waals surface area (Å²) in [6, 6.07) is 1.65. The highest BCUT2D eigenvalue weighted by Gasteiger charge is 2.36. The fourth-order valence-corrected chi connectivity index (χ4v) is 3.76. The Morgan fingerprint density at radius 3 is 2.53 bits per heavy atom. The van der Waals surface area contributed by atoms with E-state index in [1.807, 2.05) is 0 Å².